The molecule has 0 fully saturated rings. The fraction of sp³-hybridized carbons (Fsp3) is 0.0556. The van der Waals surface area contributed by atoms with Gasteiger partial charge in [-0.05, 0) is 69.3 Å². The first-order valence-corrected chi connectivity index (χ1v) is 20.1. The van der Waals surface area contributed by atoms with Gasteiger partial charge in [-0.1, -0.05) is 166 Å². The third-order valence-corrected chi connectivity index (χ3v) is 12.3. The molecule has 278 valence electrons. The minimum Gasteiger partial charge on any atom is -0.456 e. The lowest BCUT2D eigenvalue weighted by Crippen LogP contribution is -2.14. The number of para-hydroxylation sites is 3. The zero-order valence-corrected chi connectivity index (χ0v) is 32.5. The molecule has 0 bridgehead atoms. The molecule has 0 saturated carbocycles. The summed E-state index contributed by atoms with van der Waals surface area (Å²) in [6, 6.07) is 64.3. The van der Waals surface area contributed by atoms with E-state index in [1.165, 1.54) is 33.4 Å². The summed E-state index contributed by atoms with van der Waals surface area (Å²) in [5.41, 5.74) is 15.5. The van der Waals surface area contributed by atoms with Gasteiger partial charge in [-0.2, -0.15) is 9.97 Å². The van der Waals surface area contributed by atoms with Crippen molar-refractivity contribution in [2.75, 3.05) is 0 Å². The number of furan rings is 1. The Balaban J connectivity index is 1.03. The SMILES string of the molecule is CC1(C)c2ccccc2-c2cc(-c3ccc(-c4cccc5c6ccccc6n(-c6nc(-c7ccccc7)nc(-c7ccc8c(c7)oc7ccccc78)n6)c45)cc3)ccc21. The highest BCUT2D eigenvalue weighted by Crippen LogP contribution is 2.49. The Morgan fingerprint density at radius 1 is 0.407 bits per heavy atom. The van der Waals surface area contributed by atoms with Crippen molar-refractivity contribution in [3.05, 3.63) is 193 Å². The predicted molar refractivity (Wildman–Crippen MR) is 241 cm³/mol. The lowest BCUT2D eigenvalue weighted by molar-refractivity contribution is 0.660. The Morgan fingerprint density at radius 2 is 1.03 bits per heavy atom. The Labute approximate surface area is 340 Å². The van der Waals surface area contributed by atoms with Crippen LogP contribution in [0.25, 0.3) is 106 Å². The zero-order valence-electron chi connectivity index (χ0n) is 32.5. The monoisotopic (exact) mass is 756 g/mol. The quantitative estimate of drug-likeness (QED) is 0.175. The van der Waals surface area contributed by atoms with Crippen molar-refractivity contribution < 1.29 is 4.42 Å². The summed E-state index contributed by atoms with van der Waals surface area (Å²) in [5, 5.41) is 4.41. The van der Waals surface area contributed by atoms with E-state index in [9.17, 15) is 0 Å². The molecule has 5 heteroatoms. The Hall–Kier alpha value is -7.63. The molecule has 0 N–H and O–H groups in total. The highest BCUT2D eigenvalue weighted by Gasteiger charge is 2.35. The molecule has 12 rings (SSSR count). The van der Waals surface area contributed by atoms with Crippen LogP contribution in [-0.4, -0.2) is 19.5 Å². The number of fused-ring (bicyclic) bond motifs is 9. The summed E-state index contributed by atoms with van der Waals surface area (Å²) in [4.78, 5) is 15.6. The minimum absolute atomic E-state index is 0.0191. The number of rotatable bonds is 5. The van der Waals surface area contributed by atoms with E-state index in [4.69, 9.17) is 19.4 Å². The highest BCUT2D eigenvalue weighted by atomic mass is 16.3. The van der Waals surface area contributed by atoms with Crippen LogP contribution >= 0.6 is 0 Å². The molecular weight excluding hydrogens is 721 g/mol. The molecule has 0 saturated heterocycles. The van der Waals surface area contributed by atoms with Gasteiger partial charge in [-0.15, -0.1) is 0 Å². The van der Waals surface area contributed by atoms with Crippen molar-refractivity contribution in [2.45, 2.75) is 19.3 Å². The number of benzene rings is 8. The van der Waals surface area contributed by atoms with Gasteiger partial charge in [0.1, 0.15) is 11.2 Å². The van der Waals surface area contributed by atoms with Crippen molar-refractivity contribution >= 4 is 43.7 Å². The van der Waals surface area contributed by atoms with Crippen molar-refractivity contribution in [2.24, 2.45) is 0 Å². The van der Waals surface area contributed by atoms with Crippen LogP contribution < -0.4 is 0 Å². The highest BCUT2D eigenvalue weighted by molar-refractivity contribution is 6.13. The second-order valence-electron chi connectivity index (χ2n) is 16.0. The summed E-state index contributed by atoms with van der Waals surface area (Å²) in [6.07, 6.45) is 0. The van der Waals surface area contributed by atoms with Gasteiger partial charge in [0.2, 0.25) is 5.95 Å². The van der Waals surface area contributed by atoms with E-state index < -0.39 is 0 Å². The Morgan fingerprint density at radius 3 is 1.90 bits per heavy atom. The largest absolute Gasteiger partial charge is 0.456 e. The minimum atomic E-state index is -0.0191. The van der Waals surface area contributed by atoms with E-state index in [1.54, 1.807) is 0 Å². The molecule has 0 radical (unpaired) electrons. The molecular formula is C54H36N4O. The van der Waals surface area contributed by atoms with Crippen molar-refractivity contribution in [3.63, 3.8) is 0 Å². The van der Waals surface area contributed by atoms with E-state index in [0.717, 1.165) is 66.0 Å². The van der Waals surface area contributed by atoms with Gasteiger partial charge in [-0.25, -0.2) is 4.98 Å². The molecule has 8 aromatic carbocycles. The average Bonchev–Trinajstić information content (AvgIpc) is 3.91. The van der Waals surface area contributed by atoms with Crippen molar-refractivity contribution in [3.8, 4) is 62.1 Å². The number of hydrogen-bond acceptors (Lipinski definition) is 4. The summed E-state index contributed by atoms with van der Waals surface area (Å²) in [7, 11) is 0. The maximum atomic E-state index is 6.31. The van der Waals surface area contributed by atoms with Crippen LogP contribution in [0.4, 0.5) is 0 Å². The standard InChI is InChI=1S/C54H36N4O/c1-54(2)45-20-9-6-15-39(45)44-31-36(28-30-46(44)54)33-23-25-34(26-24-33)38-18-12-19-43-40-16-7-10-21-47(40)58(50(38)43)53-56-51(35-13-4-3-5-14-35)55-52(57-53)37-27-29-42-41-17-8-11-22-48(41)59-49(42)32-37/h3-32H,1-2H3. The number of hydrogen-bond donors (Lipinski definition) is 0. The fourth-order valence-electron chi connectivity index (χ4n) is 9.38. The first kappa shape index (κ1) is 33.5. The average molecular weight is 757 g/mol. The summed E-state index contributed by atoms with van der Waals surface area (Å²) < 4.78 is 8.53. The number of aromatic nitrogens is 4. The van der Waals surface area contributed by atoms with Crippen LogP contribution in [0, 0.1) is 0 Å². The topological polar surface area (TPSA) is 56.7 Å². The lowest BCUT2D eigenvalue weighted by Gasteiger charge is -2.21. The maximum Gasteiger partial charge on any atom is 0.238 e. The van der Waals surface area contributed by atoms with Gasteiger partial charge in [-0.3, -0.25) is 4.57 Å². The summed E-state index contributed by atoms with van der Waals surface area (Å²) in [6.45, 7) is 4.65. The fourth-order valence-corrected chi connectivity index (χ4v) is 9.38. The number of nitrogens with zero attached hydrogens (tertiary/aromatic N) is 4. The van der Waals surface area contributed by atoms with E-state index in [0.29, 0.717) is 17.6 Å². The molecule has 59 heavy (non-hydrogen) atoms. The van der Waals surface area contributed by atoms with Crippen LogP contribution in [0.3, 0.4) is 0 Å². The van der Waals surface area contributed by atoms with Gasteiger partial charge in [0.25, 0.3) is 0 Å². The maximum absolute atomic E-state index is 6.31. The van der Waals surface area contributed by atoms with E-state index in [-0.39, 0.29) is 5.41 Å². The second-order valence-corrected chi connectivity index (χ2v) is 16.0. The Kier molecular flexibility index (Phi) is 7.20. The lowest BCUT2D eigenvalue weighted by atomic mass is 9.82. The molecule has 0 spiro atoms. The molecule has 0 amide bonds. The molecule has 0 unspecified atom stereocenters. The molecule has 1 aliphatic rings. The first-order valence-electron chi connectivity index (χ1n) is 20.1. The zero-order chi connectivity index (χ0) is 39.2. The summed E-state index contributed by atoms with van der Waals surface area (Å²) in [5.74, 6) is 1.72. The predicted octanol–water partition coefficient (Wildman–Crippen LogP) is 13.8. The molecule has 5 nitrogen and oxygen atoms in total. The van der Waals surface area contributed by atoms with Crippen LogP contribution in [0.1, 0.15) is 25.0 Å². The third-order valence-electron chi connectivity index (χ3n) is 12.3. The molecule has 3 aromatic heterocycles. The van der Waals surface area contributed by atoms with Crippen molar-refractivity contribution in [1.29, 1.82) is 0 Å². The van der Waals surface area contributed by atoms with Crippen LogP contribution in [0.5, 0.6) is 0 Å². The smallest absolute Gasteiger partial charge is 0.238 e. The van der Waals surface area contributed by atoms with Gasteiger partial charge in [0.15, 0.2) is 11.6 Å². The molecule has 0 atom stereocenters. The van der Waals surface area contributed by atoms with Gasteiger partial charge < -0.3 is 4.42 Å². The first-order chi connectivity index (χ1) is 29.0. The van der Waals surface area contributed by atoms with Crippen LogP contribution in [0.2, 0.25) is 0 Å². The van der Waals surface area contributed by atoms with E-state index in [1.807, 2.05) is 54.6 Å². The van der Waals surface area contributed by atoms with E-state index in [2.05, 4.69) is 146 Å². The van der Waals surface area contributed by atoms with Gasteiger partial charge in [0, 0.05) is 43.7 Å². The molecule has 3 heterocycles. The normalized spacial score (nSPS) is 13.1. The van der Waals surface area contributed by atoms with Crippen molar-refractivity contribution in [1.82, 2.24) is 19.5 Å². The second kappa shape index (κ2) is 12.7. The third kappa shape index (κ3) is 5.14. The van der Waals surface area contributed by atoms with Crippen LogP contribution in [0.15, 0.2) is 186 Å². The van der Waals surface area contributed by atoms with Crippen LogP contribution in [-0.2, 0) is 5.41 Å². The van der Waals surface area contributed by atoms with E-state index >= 15 is 0 Å². The molecule has 0 aliphatic heterocycles. The summed E-state index contributed by atoms with van der Waals surface area (Å²) >= 11 is 0. The molecule has 1 aliphatic carbocycles. The molecule has 11 aromatic rings. The van der Waals surface area contributed by atoms with Gasteiger partial charge in [0.05, 0.1) is 11.0 Å². The van der Waals surface area contributed by atoms with Gasteiger partial charge >= 0.3 is 0 Å². The Bertz CT molecular complexity index is 3470.